The smallest absolute Gasteiger partial charge is 0.223 e. The van der Waals surface area contributed by atoms with Crippen molar-refractivity contribution in [2.24, 2.45) is 5.92 Å². The van der Waals surface area contributed by atoms with Crippen molar-refractivity contribution in [1.82, 2.24) is 15.2 Å². The van der Waals surface area contributed by atoms with Gasteiger partial charge in [0.15, 0.2) is 0 Å². The minimum Gasteiger partial charge on any atom is -0.336 e. The van der Waals surface area contributed by atoms with Crippen LogP contribution in [0.25, 0.3) is 0 Å². The highest BCUT2D eigenvalue weighted by Crippen LogP contribution is 2.19. The van der Waals surface area contributed by atoms with E-state index in [2.05, 4.69) is 24.1 Å². The number of nitrogens with one attached hydrogen (secondary N) is 1. The van der Waals surface area contributed by atoms with Crippen molar-refractivity contribution in [2.45, 2.75) is 45.7 Å². The number of nitrogens with zero attached hydrogens (tertiary/aromatic N) is 2. The van der Waals surface area contributed by atoms with Gasteiger partial charge in [0.25, 0.3) is 0 Å². The van der Waals surface area contributed by atoms with Crippen LogP contribution in [0.1, 0.15) is 38.7 Å². The average molecular weight is 312 g/mol. The topological polar surface area (TPSA) is 45.2 Å². The van der Waals surface area contributed by atoms with Crippen LogP contribution in [0.5, 0.6) is 0 Å². The minimum atomic E-state index is 0. The van der Waals surface area contributed by atoms with Crippen LogP contribution in [0.4, 0.5) is 0 Å². The van der Waals surface area contributed by atoms with Gasteiger partial charge in [-0.2, -0.15) is 0 Å². The molecule has 1 aromatic heterocycles. The lowest BCUT2D eigenvalue weighted by Gasteiger charge is -2.30. The Morgan fingerprint density at radius 1 is 1.43 bits per heavy atom. The van der Waals surface area contributed by atoms with Crippen molar-refractivity contribution in [3.63, 3.8) is 0 Å². The minimum absolute atomic E-state index is 0. The molecular formula is C16H26ClN3O. The molecule has 1 aliphatic heterocycles. The summed E-state index contributed by atoms with van der Waals surface area (Å²) in [6, 6.07) is 4.18. The first-order valence-corrected chi connectivity index (χ1v) is 7.56. The second-order valence-corrected chi connectivity index (χ2v) is 5.87. The molecule has 0 radical (unpaired) electrons. The zero-order valence-electron chi connectivity index (χ0n) is 12.9. The Kier molecular flexibility index (Phi) is 7.68. The molecule has 0 aliphatic carbocycles. The van der Waals surface area contributed by atoms with E-state index in [9.17, 15) is 4.79 Å². The normalized spacial score (nSPS) is 15.6. The molecule has 0 unspecified atom stereocenters. The largest absolute Gasteiger partial charge is 0.336 e. The Morgan fingerprint density at radius 2 is 2.14 bits per heavy atom. The highest BCUT2D eigenvalue weighted by Gasteiger charge is 2.22. The van der Waals surface area contributed by atoms with Crippen LogP contribution in [0.15, 0.2) is 24.5 Å². The van der Waals surface area contributed by atoms with Crippen molar-refractivity contribution in [3.05, 3.63) is 30.1 Å². The SMILES string of the molecule is CC(C)N(Cc1cccnc1)C(=O)CC1CCNCC1.Cl. The summed E-state index contributed by atoms with van der Waals surface area (Å²) in [5, 5.41) is 3.35. The van der Waals surface area contributed by atoms with E-state index in [4.69, 9.17) is 0 Å². The zero-order valence-corrected chi connectivity index (χ0v) is 13.7. The fourth-order valence-electron chi connectivity index (χ4n) is 2.70. The Labute approximate surface area is 133 Å². The molecule has 1 aromatic rings. The lowest BCUT2D eigenvalue weighted by molar-refractivity contribution is -0.134. The van der Waals surface area contributed by atoms with E-state index >= 15 is 0 Å². The number of hydrogen-bond acceptors (Lipinski definition) is 3. The number of aromatic nitrogens is 1. The number of piperidine rings is 1. The fourth-order valence-corrected chi connectivity index (χ4v) is 2.70. The van der Waals surface area contributed by atoms with Crippen molar-refractivity contribution in [3.8, 4) is 0 Å². The molecule has 1 fully saturated rings. The molecule has 0 spiro atoms. The standard InChI is InChI=1S/C16H25N3O.ClH/c1-13(2)19(12-15-4-3-7-18-11-15)16(20)10-14-5-8-17-9-6-14;/h3-4,7,11,13-14,17H,5-6,8-10,12H2,1-2H3;1H. The van der Waals surface area contributed by atoms with Gasteiger partial charge in [0.05, 0.1) is 0 Å². The molecule has 1 amide bonds. The first-order valence-electron chi connectivity index (χ1n) is 7.56. The monoisotopic (exact) mass is 311 g/mol. The maximum absolute atomic E-state index is 12.5. The number of carbonyl (C=O) groups excluding carboxylic acids is 1. The molecule has 1 saturated heterocycles. The van der Waals surface area contributed by atoms with Crippen LogP contribution in [0, 0.1) is 5.92 Å². The molecule has 1 N–H and O–H groups in total. The van der Waals surface area contributed by atoms with Gasteiger partial charge in [-0.05, 0) is 57.3 Å². The summed E-state index contributed by atoms with van der Waals surface area (Å²) in [6.07, 6.45) is 6.52. The molecule has 0 saturated carbocycles. The van der Waals surface area contributed by atoms with Crippen molar-refractivity contribution < 1.29 is 4.79 Å². The number of hydrogen-bond donors (Lipinski definition) is 1. The van der Waals surface area contributed by atoms with Crippen LogP contribution < -0.4 is 5.32 Å². The molecule has 2 heterocycles. The number of halogens is 1. The Balaban J connectivity index is 0.00000220. The van der Waals surface area contributed by atoms with E-state index in [1.54, 1.807) is 6.20 Å². The third kappa shape index (κ3) is 5.64. The van der Waals surface area contributed by atoms with Gasteiger partial charge in [-0.3, -0.25) is 9.78 Å². The highest BCUT2D eigenvalue weighted by molar-refractivity contribution is 5.85. The number of rotatable bonds is 5. The number of amides is 1. The van der Waals surface area contributed by atoms with E-state index in [1.807, 2.05) is 23.2 Å². The van der Waals surface area contributed by atoms with E-state index in [1.165, 1.54) is 0 Å². The first-order chi connectivity index (χ1) is 9.66. The van der Waals surface area contributed by atoms with Gasteiger partial charge in [0.2, 0.25) is 5.91 Å². The van der Waals surface area contributed by atoms with E-state index in [0.29, 0.717) is 18.9 Å². The zero-order chi connectivity index (χ0) is 14.4. The number of carbonyl (C=O) groups is 1. The Morgan fingerprint density at radius 3 is 2.71 bits per heavy atom. The number of pyridine rings is 1. The van der Waals surface area contributed by atoms with Crippen LogP contribution in [0.3, 0.4) is 0 Å². The lowest BCUT2D eigenvalue weighted by Crippen LogP contribution is -2.38. The second-order valence-electron chi connectivity index (χ2n) is 5.87. The summed E-state index contributed by atoms with van der Waals surface area (Å²) in [6.45, 7) is 6.91. The molecular weight excluding hydrogens is 286 g/mol. The van der Waals surface area contributed by atoms with Crippen molar-refractivity contribution in [1.29, 1.82) is 0 Å². The summed E-state index contributed by atoms with van der Waals surface area (Å²) in [7, 11) is 0. The van der Waals surface area contributed by atoms with Crippen LogP contribution in [-0.2, 0) is 11.3 Å². The van der Waals surface area contributed by atoms with E-state index in [0.717, 1.165) is 31.5 Å². The van der Waals surface area contributed by atoms with Gasteiger partial charge in [-0.1, -0.05) is 6.07 Å². The molecule has 0 atom stereocenters. The molecule has 118 valence electrons. The maximum atomic E-state index is 12.5. The van der Waals surface area contributed by atoms with Gasteiger partial charge in [0.1, 0.15) is 0 Å². The molecule has 21 heavy (non-hydrogen) atoms. The summed E-state index contributed by atoms with van der Waals surface area (Å²) < 4.78 is 0. The summed E-state index contributed by atoms with van der Waals surface area (Å²) >= 11 is 0. The van der Waals surface area contributed by atoms with Gasteiger partial charge in [0, 0.05) is 31.4 Å². The third-order valence-electron chi connectivity index (χ3n) is 3.94. The van der Waals surface area contributed by atoms with Crippen LogP contribution in [0.2, 0.25) is 0 Å². The first kappa shape index (κ1) is 17.9. The quantitative estimate of drug-likeness (QED) is 0.909. The predicted octanol–water partition coefficient (Wildman–Crippen LogP) is 2.63. The Bertz CT molecular complexity index is 419. The summed E-state index contributed by atoms with van der Waals surface area (Å²) in [5.41, 5.74) is 1.10. The second kappa shape index (κ2) is 9.00. The van der Waals surface area contributed by atoms with E-state index in [-0.39, 0.29) is 24.4 Å². The van der Waals surface area contributed by atoms with Gasteiger partial charge in [-0.25, -0.2) is 0 Å². The van der Waals surface area contributed by atoms with Gasteiger partial charge in [-0.15, -0.1) is 12.4 Å². The summed E-state index contributed by atoms with van der Waals surface area (Å²) in [4.78, 5) is 18.6. The van der Waals surface area contributed by atoms with Crippen molar-refractivity contribution in [2.75, 3.05) is 13.1 Å². The van der Waals surface area contributed by atoms with E-state index < -0.39 is 0 Å². The van der Waals surface area contributed by atoms with Gasteiger partial charge >= 0.3 is 0 Å². The van der Waals surface area contributed by atoms with Crippen LogP contribution in [-0.4, -0.2) is 34.9 Å². The Hall–Kier alpha value is -1.13. The average Bonchev–Trinajstić information content (AvgIpc) is 2.46. The van der Waals surface area contributed by atoms with Crippen molar-refractivity contribution >= 4 is 18.3 Å². The summed E-state index contributed by atoms with van der Waals surface area (Å²) in [5.74, 6) is 0.814. The lowest BCUT2D eigenvalue weighted by atomic mass is 9.94. The fraction of sp³-hybridized carbons (Fsp3) is 0.625. The predicted molar refractivity (Wildman–Crippen MR) is 87.4 cm³/mol. The molecule has 4 nitrogen and oxygen atoms in total. The molecule has 0 bridgehead atoms. The molecule has 0 aromatic carbocycles. The van der Waals surface area contributed by atoms with Crippen LogP contribution >= 0.6 is 12.4 Å². The molecule has 2 rings (SSSR count). The molecule has 5 heteroatoms. The maximum Gasteiger partial charge on any atom is 0.223 e. The molecule has 1 aliphatic rings. The van der Waals surface area contributed by atoms with Gasteiger partial charge < -0.3 is 10.2 Å². The highest BCUT2D eigenvalue weighted by atomic mass is 35.5. The third-order valence-corrected chi connectivity index (χ3v) is 3.94.